The van der Waals surface area contributed by atoms with Crippen LogP contribution in [0.4, 0.5) is 18.9 Å². The molecule has 5 nitrogen and oxygen atoms in total. The maximum absolute atomic E-state index is 13.0. The topological polar surface area (TPSA) is 71.8 Å². The van der Waals surface area contributed by atoms with Gasteiger partial charge in [-0.3, -0.25) is 10.1 Å². The first-order valence-electron chi connectivity index (χ1n) is 7.57. The molecule has 1 N–H and O–H groups in total. The zero-order chi connectivity index (χ0) is 18.5. The SMILES string of the molecule is O=[N+]([O-])c1cc(C(F)(F)F)cc2[nH]c(-c3ccc4ccccc4c3)nc12. The van der Waals surface area contributed by atoms with Crippen LogP contribution in [0, 0.1) is 10.1 Å². The highest BCUT2D eigenvalue weighted by Crippen LogP contribution is 2.36. The van der Waals surface area contributed by atoms with Crippen molar-refractivity contribution in [3.8, 4) is 11.4 Å². The molecular weight excluding hydrogens is 347 g/mol. The molecule has 0 bridgehead atoms. The standard InChI is InChI=1S/C18H10F3N3O2/c19-18(20,21)13-8-14-16(15(9-13)24(25)26)23-17(22-14)12-6-5-10-3-1-2-4-11(10)7-12/h1-9H,(H,22,23). The summed E-state index contributed by atoms with van der Waals surface area (Å²) < 4.78 is 39.0. The smallest absolute Gasteiger partial charge is 0.338 e. The molecule has 0 aliphatic heterocycles. The minimum Gasteiger partial charge on any atom is -0.338 e. The number of nitro groups is 1. The van der Waals surface area contributed by atoms with E-state index in [-0.39, 0.29) is 16.9 Å². The first-order chi connectivity index (χ1) is 12.3. The van der Waals surface area contributed by atoms with Crippen molar-refractivity contribution in [2.24, 2.45) is 0 Å². The van der Waals surface area contributed by atoms with Gasteiger partial charge < -0.3 is 4.98 Å². The van der Waals surface area contributed by atoms with Crippen LogP contribution in [0.1, 0.15) is 5.56 Å². The molecule has 0 radical (unpaired) electrons. The van der Waals surface area contributed by atoms with Gasteiger partial charge in [0, 0.05) is 11.6 Å². The van der Waals surface area contributed by atoms with E-state index in [0.717, 1.165) is 16.8 Å². The number of aromatic amines is 1. The van der Waals surface area contributed by atoms with Crippen LogP contribution in [-0.2, 0) is 6.18 Å². The maximum Gasteiger partial charge on any atom is 0.416 e. The summed E-state index contributed by atoms with van der Waals surface area (Å²) in [5.74, 6) is 0.271. The van der Waals surface area contributed by atoms with Crippen molar-refractivity contribution in [1.29, 1.82) is 0 Å². The lowest BCUT2D eigenvalue weighted by Crippen LogP contribution is -2.05. The Hall–Kier alpha value is -3.42. The molecule has 26 heavy (non-hydrogen) atoms. The molecule has 4 aromatic rings. The number of rotatable bonds is 2. The lowest BCUT2D eigenvalue weighted by molar-refractivity contribution is -0.383. The van der Waals surface area contributed by atoms with Gasteiger partial charge in [0.05, 0.1) is 16.0 Å². The number of nitrogens with zero attached hydrogens (tertiary/aromatic N) is 2. The summed E-state index contributed by atoms with van der Waals surface area (Å²) in [6, 6.07) is 14.4. The molecule has 0 saturated heterocycles. The van der Waals surface area contributed by atoms with E-state index in [1.165, 1.54) is 0 Å². The van der Waals surface area contributed by atoms with Crippen molar-refractivity contribution in [3.63, 3.8) is 0 Å². The Bertz CT molecular complexity index is 1170. The second-order valence-electron chi connectivity index (χ2n) is 5.79. The highest BCUT2D eigenvalue weighted by Gasteiger charge is 2.34. The van der Waals surface area contributed by atoms with Crippen LogP contribution in [-0.4, -0.2) is 14.9 Å². The van der Waals surface area contributed by atoms with Gasteiger partial charge in [0.25, 0.3) is 5.69 Å². The molecule has 0 amide bonds. The Morgan fingerprint density at radius 1 is 1.00 bits per heavy atom. The van der Waals surface area contributed by atoms with Crippen LogP contribution >= 0.6 is 0 Å². The predicted octanol–water partition coefficient (Wildman–Crippen LogP) is 5.31. The molecule has 3 aromatic carbocycles. The van der Waals surface area contributed by atoms with Crippen LogP contribution in [0.25, 0.3) is 33.2 Å². The van der Waals surface area contributed by atoms with Crippen LogP contribution in [0.2, 0.25) is 0 Å². The lowest BCUT2D eigenvalue weighted by Gasteiger charge is -2.05. The number of H-pyrrole nitrogens is 1. The fourth-order valence-electron chi connectivity index (χ4n) is 2.88. The highest BCUT2D eigenvalue weighted by atomic mass is 19.4. The number of hydrogen-bond acceptors (Lipinski definition) is 3. The minimum atomic E-state index is -4.69. The van der Waals surface area contributed by atoms with E-state index in [0.29, 0.717) is 11.6 Å². The first kappa shape index (κ1) is 16.1. The molecule has 0 unspecified atom stereocenters. The molecule has 0 fully saturated rings. The van der Waals surface area contributed by atoms with Gasteiger partial charge in [-0.05, 0) is 22.9 Å². The zero-order valence-corrected chi connectivity index (χ0v) is 13.0. The second-order valence-corrected chi connectivity index (χ2v) is 5.79. The molecule has 0 spiro atoms. The first-order valence-corrected chi connectivity index (χ1v) is 7.57. The van der Waals surface area contributed by atoms with E-state index in [2.05, 4.69) is 9.97 Å². The number of alkyl halides is 3. The van der Waals surface area contributed by atoms with Gasteiger partial charge in [-0.2, -0.15) is 13.2 Å². The molecule has 0 atom stereocenters. The normalized spacial score (nSPS) is 12.0. The summed E-state index contributed by atoms with van der Waals surface area (Å²) in [4.78, 5) is 17.3. The summed E-state index contributed by atoms with van der Waals surface area (Å²) in [6.45, 7) is 0. The number of hydrogen-bond donors (Lipinski definition) is 1. The number of nitrogens with one attached hydrogen (secondary N) is 1. The molecule has 1 heterocycles. The second kappa shape index (κ2) is 5.55. The summed E-state index contributed by atoms with van der Waals surface area (Å²) in [7, 11) is 0. The van der Waals surface area contributed by atoms with Crippen molar-refractivity contribution in [3.05, 3.63) is 70.3 Å². The van der Waals surface area contributed by atoms with Gasteiger partial charge in [-0.1, -0.05) is 36.4 Å². The predicted molar refractivity (Wildman–Crippen MR) is 90.7 cm³/mol. The highest BCUT2D eigenvalue weighted by molar-refractivity contribution is 5.90. The summed E-state index contributed by atoms with van der Waals surface area (Å²) in [5, 5.41) is 13.1. The van der Waals surface area contributed by atoms with Crippen molar-refractivity contribution in [2.45, 2.75) is 6.18 Å². The molecule has 0 saturated carbocycles. The van der Waals surface area contributed by atoms with Gasteiger partial charge in [-0.25, -0.2) is 4.98 Å². The lowest BCUT2D eigenvalue weighted by atomic mass is 10.1. The van der Waals surface area contributed by atoms with Gasteiger partial charge >= 0.3 is 6.18 Å². The van der Waals surface area contributed by atoms with Gasteiger partial charge in [-0.15, -0.1) is 0 Å². The van der Waals surface area contributed by atoms with E-state index < -0.39 is 22.4 Å². The largest absolute Gasteiger partial charge is 0.416 e. The Kier molecular flexibility index (Phi) is 3.43. The Morgan fingerprint density at radius 2 is 1.73 bits per heavy atom. The number of halogens is 3. The molecule has 0 aliphatic rings. The van der Waals surface area contributed by atoms with Crippen LogP contribution in [0.3, 0.4) is 0 Å². The Morgan fingerprint density at radius 3 is 2.42 bits per heavy atom. The average Bonchev–Trinajstić information content (AvgIpc) is 3.03. The number of benzene rings is 3. The van der Waals surface area contributed by atoms with Crippen LogP contribution in [0.5, 0.6) is 0 Å². The number of nitro benzene ring substituents is 1. The van der Waals surface area contributed by atoms with Crippen molar-refractivity contribution in [1.82, 2.24) is 9.97 Å². The molecule has 4 rings (SSSR count). The molecule has 1 aromatic heterocycles. The fourth-order valence-corrected chi connectivity index (χ4v) is 2.88. The number of non-ortho nitro benzene ring substituents is 1. The van der Waals surface area contributed by atoms with Gasteiger partial charge in [0.1, 0.15) is 5.82 Å². The third-order valence-electron chi connectivity index (χ3n) is 4.11. The Balaban J connectivity index is 1.93. The van der Waals surface area contributed by atoms with Crippen molar-refractivity contribution in [2.75, 3.05) is 0 Å². The van der Waals surface area contributed by atoms with E-state index >= 15 is 0 Å². The molecule has 8 heteroatoms. The number of imidazole rings is 1. The van der Waals surface area contributed by atoms with Gasteiger partial charge in [0.15, 0.2) is 5.52 Å². The van der Waals surface area contributed by atoms with E-state index in [1.54, 1.807) is 6.07 Å². The maximum atomic E-state index is 13.0. The van der Waals surface area contributed by atoms with Gasteiger partial charge in [0.2, 0.25) is 0 Å². The summed E-state index contributed by atoms with van der Waals surface area (Å²) in [6.07, 6.45) is -4.69. The molecule has 0 aliphatic carbocycles. The minimum absolute atomic E-state index is 0.0327. The molecule has 130 valence electrons. The van der Waals surface area contributed by atoms with Crippen LogP contribution < -0.4 is 0 Å². The van der Waals surface area contributed by atoms with Crippen LogP contribution in [0.15, 0.2) is 54.6 Å². The van der Waals surface area contributed by atoms with E-state index in [1.807, 2.05) is 36.4 Å². The quantitative estimate of drug-likeness (QED) is 0.390. The molecular formula is C18H10F3N3O2. The zero-order valence-electron chi connectivity index (χ0n) is 13.0. The van der Waals surface area contributed by atoms with Crippen molar-refractivity contribution < 1.29 is 18.1 Å². The summed E-state index contributed by atoms with van der Waals surface area (Å²) in [5.41, 5.74) is -1.29. The third-order valence-corrected chi connectivity index (χ3v) is 4.11. The van der Waals surface area contributed by atoms with Crippen molar-refractivity contribution >= 4 is 27.5 Å². The fraction of sp³-hybridized carbons (Fsp3) is 0.0556. The number of aromatic nitrogens is 2. The van der Waals surface area contributed by atoms with E-state index in [4.69, 9.17) is 0 Å². The number of fused-ring (bicyclic) bond motifs is 2. The Labute approximate surface area is 144 Å². The van der Waals surface area contributed by atoms with E-state index in [9.17, 15) is 23.3 Å². The summed E-state index contributed by atoms with van der Waals surface area (Å²) >= 11 is 0. The third kappa shape index (κ3) is 2.65. The monoisotopic (exact) mass is 357 g/mol. The average molecular weight is 357 g/mol.